The maximum absolute atomic E-state index is 12.4. The van der Waals surface area contributed by atoms with E-state index in [1.54, 1.807) is 42.5 Å². The molecule has 1 atom stereocenters. The summed E-state index contributed by atoms with van der Waals surface area (Å²) in [7, 11) is 0. The molecule has 1 heterocycles. The van der Waals surface area contributed by atoms with Crippen LogP contribution in [-0.2, 0) is 19.1 Å². The molecule has 2 amide bonds. The van der Waals surface area contributed by atoms with Crippen molar-refractivity contribution in [3.8, 4) is 5.75 Å². The van der Waals surface area contributed by atoms with Crippen molar-refractivity contribution in [3.05, 3.63) is 52.5 Å². The Kier molecular flexibility index (Phi) is 7.18. The van der Waals surface area contributed by atoms with E-state index in [-0.39, 0.29) is 18.9 Å². The lowest BCUT2D eigenvalue weighted by molar-refractivity contribution is -0.151. The van der Waals surface area contributed by atoms with Crippen molar-refractivity contribution in [2.45, 2.75) is 13.3 Å². The molecule has 30 heavy (non-hydrogen) atoms. The van der Waals surface area contributed by atoms with Crippen LogP contribution in [0.15, 0.2) is 42.5 Å². The van der Waals surface area contributed by atoms with Crippen LogP contribution in [-0.4, -0.2) is 37.5 Å². The van der Waals surface area contributed by atoms with E-state index in [9.17, 15) is 14.4 Å². The van der Waals surface area contributed by atoms with Crippen LogP contribution in [0, 0.1) is 5.92 Å². The Labute approximate surface area is 183 Å². The molecule has 0 spiro atoms. The highest BCUT2D eigenvalue weighted by atomic mass is 35.5. The van der Waals surface area contributed by atoms with Gasteiger partial charge in [0.2, 0.25) is 5.91 Å². The monoisotopic (exact) mass is 450 g/mol. The van der Waals surface area contributed by atoms with E-state index in [2.05, 4.69) is 5.32 Å². The average Bonchev–Trinajstić information content (AvgIpc) is 3.11. The Morgan fingerprint density at radius 3 is 2.73 bits per heavy atom. The summed E-state index contributed by atoms with van der Waals surface area (Å²) in [5, 5.41) is 3.43. The molecule has 1 fully saturated rings. The van der Waals surface area contributed by atoms with Crippen LogP contribution < -0.4 is 15.0 Å². The summed E-state index contributed by atoms with van der Waals surface area (Å²) in [6.07, 6.45) is -0.0313. The van der Waals surface area contributed by atoms with Crippen molar-refractivity contribution in [1.82, 2.24) is 0 Å². The van der Waals surface area contributed by atoms with E-state index < -0.39 is 24.4 Å². The molecule has 9 heteroatoms. The molecule has 0 saturated carbocycles. The standard InChI is InChI=1S/C21H20Cl2N2O5/c1-2-29-18-6-4-3-5-16(18)24-19(26)12-30-21(28)13-9-20(27)25(11-13)17-10-14(22)7-8-15(17)23/h3-8,10,13H,2,9,11-12H2,1H3,(H,24,26)/t13-/m0/s1. The molecule has 0 aromatic heterocycles. The first-order chi connectivity index (χ1) is 14.4. The van der Waals surface area contributed by atoms with Gasteiger partial charge in [-0.1, -0.05) is 35.3 Å². The number of nitrogens with zero attached hydrogens (tertiary/aromatic N) is 1. The minimum Gasteiger partial charge on any atom is -0.492 e. The van der Waals surface area contributed by atoms with Gasteiger partial charge in [-0.25, -0.2) is 0 Å². The quantitative estimate of drug-likeness (QED) is 0.645. The molecule has 0 radical (unpaired) electrons. The minimum atomic E-state index is -0.698. The molecular formula is C21H20Cl2N2O5. The van der Waals surface area contributed by atoms with Crippen LogP contribution in [0.25, 0.3) is 0 Å². The number of hydrogen-bond donors (Lipinski definition) is 1. The molecule has 0 aliphatic carbocycles. The lowest BCUT2D eigenvalue weighted by Crippen LogP contribution is -2.28. The van der Waals surface area contributed by atoms with Gasteiger partial charge in [0.15, 0.2) is 6.61 Å². The summed E-state index contributed by atoms with van der Waals surface area (Å²) < 4.78 is 10.6. The molecular weight excluding hydrogens is 431 g/mol. The Morgan fingerprint density at radius 1 is 1.20 bits per heavy atom. The lowest BCUT2D eigenvalue weighted by Gasteiger charge is -2.18. The first-order valence-electron chi connectivity index (χ1n) is 9.32. The zero-order valence-corrected chi connectivity index (χ0v) is 17.7. The fraction of sp³-hybridized carbons (Fsp3) is 0.286. The van der Waals surface area contributed by atoms with Crippen LogP contribution in [0.4, 0.5) is 11.4 Å². The number of amides is 2. The number of carbonyl (C=O) groups excluding carboxylic acids is 3. The number of benzene rings is 2. The number of esters is 1. The predicted octanol–water partition coefficient (Wildman–Crippen LogP) is 3.93. The second-order valence-electron chi connectivity index (χ2n) is 6.59. The van der Waals surface area contributed by atoms with E-state index in [0.29, 0.717) is 33.8 Å². The molecule has 2 aromatic carbocycles. The van der Waals surface area contributed by atoms with E-state index in [1.807, 2.05) is 6.92 Å². The molecule has 7 nitrogen and oxygen atoms in total. The first kappa shape index (κ1) is 21.9. The van der Waals surface area contributed by atoms with Gasteiger partial charge in [0.1, 0.15) is 5.75 Å². The van der Waals surface area contributed by atoms with Crippen molar-refractivity contribution < 1.29 is 23.9 Å². The summed E-state index contributed by atoms with van der Waals surface area (Å²) in [5.41, 5.74) is 0.924. The second-order valence-corrected chi connectivity index (χ2v) is 7.43. The van der Waals surface area contributed by atoms with Crippen molar-refractivity contribution in [1.29, 1.82) is 0 Å². The average molecular weight is 451 g/mol. The van der Waals surface area contributed by atoms with Crippen LogP contribution in [0.1, 0.15) is 13.3 Å². The number of rotatable bonds is 7. The summed E-state index contributed by atoms with van der Waals surface area (Å²) in [6.45, 7) is 1.92. The highest BCUT2D eigenvalue weighted by Crippen LogP contribution is 2.33. The smallest absolute Gasteiger partial charge is 0.311 e. The van der Waals surface area contributed by atoms with Gasteiger partial charge in [0.05, 0.1) is 28.9 Å². The van der Waals surface area contributed by atoms with Gasteiger partial charge >= 0.3 is 5.97 Å². The number of halogens is 2. The number of carbonyl (C=O) groups is 3. The zero-order valence-electron chi connectivity index (χ0n) is 16.2. The van der Waals surface area contributed by atoms with Gasteiger partial charge in [-0.05, 0) is 37.3 Å². The Hall–Kier alpha value is -2.77. The highest BCUT2D eigenvalue weighted by Gasteiger charge is 2.37. The normalized spacial score (nSPS) is 15.8. The lowest BCUT2D eigenvalue weighted by atomic mass is 10.1. The van der Waals surface area contributed by atoms with Gasteiger partial charge < -0.3 is 19.7 Å². The molecule has 2 aromatic rings. The number of hydrogen-bond acceptors (Lipinski definition) is 5. The van der Waals surface area contributed by atoms with Gasteiger partial charge in [-0.3, -0.25) is 14.4 Å². The fourth-order valence-electron chi connectivity index (χ4n) is 3.08. The van der Waals surface area contributed by atoms with Crippen LogP contribution >= 0.6 is 23.2 Å². The molecule has 158 valence electrons. The Morgan fingerprint density at radius 2 is 1.97 bits per heavy atom. The van der Waals surface area contributed by atoms with Crippen molar-refractivity contribution in [3.63, 3.8) is 0 Å². The summed E-state index contributed by atoms with van der Waals surface area (Å²) >= 11 is 12.1. The predicted molar refractivity (Wildman–Crippen MR) is 114 cm³/mol. The zero-order chi connectivity index (χ0) is 21.7. The van der Waals surface area contributed by atoms with E-state index in [4.69, 9.17) is 32.7 Å². The molecule has 1 aliphatic rings. The van der Waals surface area contributed by atoms with Crippen molar-refractivity contribution in [2.75, 3.05) is 30.0 Å². The largest absolute Gasteiger partial charge is 0.492 e. The topological polar surface area (TPSA) is 84.9 Å². The number of anilines is 2. The molecule has 1 aliphatic heterocycles. The molecule has 1 N–H and O–H groups in total. The van der Waals surface area contributed by atoms with Crippen LogP contribution in [0.3, 0.4) is 0 Å². The van der Waals surface area contributed by atoms with Crippen molar-refractivity contribution >= 4 is 52.4 Å². The fourth-order valence-corrected chi connectivity index (χ4v) is 3.47. The van der Waals surface area contributed by atoms with Crippen LogP contribution in [0.5, 0.6) is 5.75 Å². The Bertz CT molecular complexity index is 966. The molecule has 3 rings (SSSR count). The maximum atomic E-state index is 12.4. The van der Waals surface area contributed by atoms with E-state index in [1.165, 1.54) is 4.90 Å². The third kappa shape index (κ3) is 5.23. The number of nitrogens with one attached hydrogen (secondary N) is 1. The second kappa shape index (κ2) is 9.82. The van der Waals surface area contributed by atoms with Gasteiger partial charge in [0.25, 0.3) is 5.91 Å². The summed E-state index contributed by atoms with van der Waals surface area (Å²) in [4.78, 5) is 38.3. The summed E-state index contributed by atoms with van der Waals surface area (Å²) in [5.74, 6) is -1.57. The van der Waals surface area contributed by atoms with E-state index in [0.717, 1.165) is 0 Å². The SMILES string of the molecule is CCOc1ccccc1NC(=O)COC(=O)[C@H]1CC(=O)N(c2cc(Cl)ccc2Cl)C1. The Balaban J connectivity index is 1.56. The first-order valence-corrected chi connectivity index (χ1v) is 10.1. The van der Waals surface area contributed by atoms with Gasteiger partial charge in [-0.15, -0.1) is 0 Å². The third-order valence-corrected chi connectivity index (χ3v) is 5.02. The molecule has 1 saturated heterocycles. The van der Waals surface area contributed by atoms with Crippen molar-refractivity contribution in [2.24, 2.45) is 5.92 Å². The van der Waals surface area contributed by atoms with E-state index >= 15 is 0 Å². The molecule has 0 bridgehead atoms. The van der Waals surface area contributed by atoms with Gasteiger partial charge in [-0.2, -0.15) is 0 Å². The third-order valence-electron chi connectivity index (χ3n) is 4.46. The molecule has 0 unspecified atom stereocenters. The summed E-state index contributed by atoms with van der Waals surface area (Å²) in [6, 6.07) is 11.7. The number of para-hydroxylation sites is 2. The van der Waals surface area contributed by atoms with Crippen LogP contribution in [0.2, 0.25) is 10.0 Å². The minimum absolute atomic E-state index is 0.0313. The highest BCUT2D eigenvalue weighted by molar-refractivity contribution is 6.35. The number of ether oxygens (including phenoxy) is 2. The van der Waals surface area contributed by atoms with Gasteiger partial charge in [0, 0.05) is 18.0 Å². The maximum Gasteiger partial charge on any atom is 0.311 e.